The fourth-order valence-corrected chi connectivity index (χ4v) is 3.71. The number of rotatable bonds is 2. The van der Waals surface area contributed by atoms with Crippen LogP contribution in [0.15, 0.2) is 16.6 Å². The lowest BCUT2D eigenvalue weighted by Gasteiger charge is -2.35. The summed E-state index contributed by atoms with van der Waals surface area (Å²) >= 11 is 9.29. The highest BCUT2D eigenvalue weighted by atomic mass is 79.9. The van der Waals surface area contributed by atoms with Crippen LogP contribution in [0.25, 0.3) is 0 Å². The maximum absolute atomic E-state index is 14.2. The molecule has 1 spiro atoms. The molecule has 124 valence electrons. The van der Waals surface area contributed by atoms with Gasteiger partial charge in [-0.05, 0) is 28.1 Å². The number of Topliss-reactive ketones (excluding diaryl/α,β-unsaturated/α-hetero) is 1. The van der Waals surface area contributed by atoms with Crippen molar-refractivity contribution in [2.24, 2.45) is 0 Å². The number of benzene rings is 1. The Morgan fingerprint density at radius 1 is 1.39 bits per heavy atom. The Morgan fingerprint density at radius 3 is 2.65 bits per heavy atom. The van der Waals surface area contributed by atoms with Gasteiger partial charge in [0.25, 0.3) is 0 Å². The average Bonchev–Trinajstić information content (AvgIpc) is 2.77. The van der Waals surface area contributed by atoms with Gasteiger partial charge in [-0.15, -0.1) is 0 Å². The molecular formula is C15H14BrClFNO4. The topological polar surface area (TPSA) is 55.8 Å². The van der Waals surface area contributed by atoms with Crippen LogP contribution in [0, 0.1) is 5.82 Å². The molecule has 2 fully saturated rings. The van der Waals surface area contributed by atoms with Crippen LogP contribution < -0.4 is 0 Å². The van der Waals surface area contributed by atoms with Crippen molar-refractivity contribution in [3.8, 4) is 0 Å². The Kier molecular flexibility index (Phi) is 4.48. The number of piperidine rings is 1. The summed E-state index contributed by atoms with van der Waals surface area (Å²) in [4.78, 5) is 30.3. The van der Waals surface area contributed by atoms with Gasteiger partial charge in [-0.25, -0.2) is 4.39 Å². The number of hydroxylamine groups is 2. The summed E-state index contributed by atoms with van der Waals surface area (Å²) < 4.78 is 20.0. The van der Waals surface area contributed by atoms with Crippen molar-refractivity contribution >= 4 is 39.3 Å². The Hall–Kier alpha value is -1.02. The normalized spacial score (nSPS) is 24.3. The van der Waals surface area contributed by atoms with Gasteiger partial charge in [0.05, 0.1) is 12.1 Å². The van der Waals surface area contributed by atoms with E-state index < -0.39 is 29.1 Å². The molecule has 0 aromatic heterocycles. The summed E-state index contributed by atoms with van der Waals surface area (Å²) in [5.41, 5.74) is -1.34. The van der Waals surface area contributed by atoms with Gasteiger partial charge in [0, 0.05) is 36.0 Å². The van der Waals surface area contributed by atoms with E-state index in [9.17, 15) is 14.0 Å². The molecular weight excluding hydrogens is 393 g/mol. The smallest absolute Gasteiger partial charge is 0.322 e. The molecule has 1 atom stereocenters. The predicted octanol–water partition coefficient (Wildman–Crippen LogP) is 2.85. The van der Waals surface area contributed by atoms with Crippen molar-refractivity contribution in [1.82, 2.24) is 5.06 Å². The number of halogens is 3. The van der Waals surface area contributed by atoms with Crippen LogP contribution in [0.5, 0.6) is 0 Å². The minimum Gasteiger partial charge on any atom is -0.450 e. The standard InChI is InChI=1S/C15H14BrClFNO4/c1-22-19-6-4-15(5-7-19)13(20)11(14(21)23-15)10-9(18)3-2-8(16)12(10)17/h2-3,11H,4-7H2,1H3. The molecule has 1 unspecified atom stereocenters. The van der Waals surface area contributed by atoms with E-state index in [2.05, 4.69) is 15.9 Å². The Morgan fingerprint density at radius 2 is 2.04 bits per heavy atom. The molecule has 5 nitrogen and oxygen atoms in total. The number of nitrogens with zero attached hydrogens (tertiary/aromatic N) is 1. The number of ketones is 1. The molecule has 8 heteroatoms. The minimum atomic E-state index is -1.32. The number of ether oxygens (including phenoxy) is 1. The molecule has 1 aromatic carbocycles. The van der Waals surface area contributed by atoms with Crippen LogP contribution in [-0.4, -0.2) is 42.6 Å². The second-order valence-corrected chi connectivity index (χ2v) is 6.81. The molecule has 0 saturated carbocycles. The van der Waals surface area contributed by atoms with E-state index in [4.69, 9.17) is 21.2 Å². The number of hydrogen-bond donors (Lipinski definition) is 0. The lowest BCUT2D eigenvalue weighted by molar-refractivity contribution is -0.184. The van der Waals surface area contributed by atoms with Crippen molar-refractivity contribution in [2.45, 2.75) is 24.4 Å². The third-order valence-corrected chi connectivity index (χ3v) is 5.70. The zero-order valence-electron chi connectivity index (χ0n) is 12.3. The maximum atomic E-state index is 14.2. The molecule has 2 aliphatic rings. The van der Waals surface area contributed by atoms with Gasteiger partial charge in [-0.2, -0.15) is 5.06 Å². The molecule has 3 rings (SSSR count). The number of esters is 1. The van der Waals surface area contributed by atoms with Crippen molar-refractivity contribution < 1.29 is 23.6 Å². The van der Waals surface area contributed by atoms with E-state index in [-0.39, 0.29) is 10.6 Å². The fourth-order valence-electron chi connectivity index (χ4n) is 3.11. The van der Waals surface area contributed by atoms with Crippen LogP contribution in [0.2, 0.25) is 5.02 Å². The maximum Gasteiger partial charge on any atom is 0.322 e. The van der Waals surface area contributed by atoms with Crippen LogP contribution in [0.1, 0.15) is 24.3 Å². The first-order valence-electron chi connectivity index (χ1n) is 7.09. The minimum absolute atomic E-state index is 0.0201. The molecule has 23 heavy (non-hydrogen) atoms. The summed E-state index contributed by atoms with van der Waals surface area (Å²) in [5.74, 6) is -3.20. The van der Waals surface area contributed by atoms with Gasteiger partial charge < -0.3 is 9.57 Å². The first kappa shape index (κ1) is 16.8. The van der Waals surface area contributed by atoms with Gasteiger partial charge in [-0.1, -0.05) is 11.6 Å². The summed E-state index contributed by atoms with van der Waals surface area (Å²) in [6.45, 7) is 0.911. The highest BCUT2D eigenvalue weighted by Gasteiger charge is 2.57. The van der Waals surface area contributed by atoms with Crippen LogP contribution in [0.4, 0.5) is 4.39 Å². The van der Waals surface area contributed by atoms with Crippen molar-refractivity contribution in [1.29, 1.82) is 0 Å². The second-order valence-electron chi connectivity index (χ2n) is 5.58. The van der Waals surface area contributed by atoms with E-state index in [0.29, 0.717) is 30.4 Å². The van der Waals surface area contributed by atoms with E-state index in [1.54, 1.807) is 12.2 Å². The van der Waals surface area contributed by atoms with Gasteiger partial charge in [-0.3, -0.25) is 9.59 Å². The second kappa shape index (κ2) is 6.12. The molecule has 1 aromatic rings. The van der Waals surface area contributed by atoms with E-state index in [1.807, 2.05) is 0 Å². The number of carbonyl (C=O) groups is 2. The lowest BCUT2D eigenvalue weighted by Crippen LogP contribution is -2.48. The summed E-state index contributed by atoms with van der Waals surface area (Å²) in [6.07, 6.45) is 0.629. The highest BCUT2D eigenvalue weighted by molar-refractivity contribution is 9.10. The molecule has 2 saturated heterocycles. The van der Waals surface area contributed by atoms with E-state index >= 15 is 0 Å². The van der Waals surface area contributed by atoms with E-state index in [0.717, 1.165) is 0 Å². The van der Waals surface area contributed by atoms with Crippen LogP contribution in [-0.2, 0) is 19.2 Å². The first-order valence-corrected chi connectivity index (χ1v) is 8.26. The summed E-state index contributed by atoms with van der Waals surface area (Å²) in [6, 6.07) is 2.60. The van der Waals surface area contributed by atoms with Crippen molar-refractivity contribution in [2.75, 3.05) is 20.2 Å². The summed E-state index contributed by atoms with van der Waals surface area (Å²) in [7, 11) is 1.54. The molecule has 2 heterocycles. The molecule has 0 radical (unpaired) electrons. The van der Waals surface area contributed by atoms with Gasteiger partial charge >= 0.3 is 5.97 Å². The molecule has 0 bridgehead atoms. The molecule has 0 N–H and O–H groups in total. The van der Waals surface area contributed by atoms with Crippen molar-refractivity contribution in [3.63, 3.8) is 0 Å². The first-order chi connectivity index (χ1) is 10.9. The number of carbonyl (C=O) groups excluding carboxylic acids is 2. The van der Waals surface area contributed by atoms with Gasteiger partial charge in [0.15, 0.2) is 11.4 Å². The Bertz CT molecular complexity index is 676. The largest absolute Gasteiger partial charge is 0.450 e. The SMILES string of the molecule is CON1CCC2(CC1)OC(=O)C(c1c(F)ccc(Br)c1Cl)C2=O. The van der Waals surface area contributed by atoms with Crippen LogP contribution >= 0.6 is 27.5 Å². The molecule has 2 aliphatic heterocycles. The Labute approximate surface area is 145 Å². The predicted molar refractivity (Wildman–Crippen MR) is 83.5 cm³/mol. The molecule has 0 amide bonds. The quantitative estimate of drug-likeness (QED) is 0.429. The monoisotopic (exact) mass is 405 g/mol. The number of hydrogen-bond acceptors (Lipinski definition) is 5. The third kappa shape index (κ3) is 2.69. The van der Waals surface area contributed by atoms with Gasteiger partial charge in [0.2, 0.25) is 0 Å². The van der Waals surface area contributed by atoms with Crippen molar-refractivity contribution in [3.05, 3.63) is 33.0 Å². The summed E-state index contributed by atoms with van der Waals surface area (Å²) in [5, 5.41) is 1.71. The molecule has 0 aliphatic carbocycles. The fraction of sp³-hybridized carbons (Fsp3) is 0.467. The Balaban J connectivity index is 1.96. The lowest BCUT2D eigenvalue weighted by atomic mass is 9.82. The van der Waals surface area contributed by atoms with Crippen LogP contribution in [0.3, 0.4) is 0 Å². The zero-order chi connectivity index (χ0) is 16.8. The highest BCUT2D eigenvalue weighted by Crippen LogP contribution is 2.44. The van der Waals surface area contributed by atoms with Gasteiger partial charge in [0.1, 0.15) is 11.7 Å². The van der Waals surface area contributed by atoms with E-state index in [1.165, 1.54) is 12.1 Å². The zero-order valence-corrected chi connectivity index (χ0v) is 14.6. The third-order valence-electron chi connectivity index (χ3n) is 4.40. The average molecular weight is 407 g/mol.